The number of nitrogens with zero attached hydrogens (tertiary/aromatic N) is 1. The van der Waals surface area contributed by atoms with E-state index in [1.54, 1.807) is 76.2 Å². The van der Waals surface area contributed by atoms with Gasteiger partial charge in [0.1, 0.15) is 5.60 Å². The summed E-state index contributed by atoms with van der Waals surface area (Å²) >= 11 is 0. The van der Waals surface area contributed by atoms with Gasteiger partial charge in [0.05, 0.1) is 29.3 Å². The highest BCUT2D eigenvalue weighted by Crippen LogP contribution is 2.33. The summed E-state index contributed by atoms with van der Waals surface area (Å²) in [6, 6.07) is 12.6. The highest BCUT2D eigenvalue weighted by molar-refractivity contribution is 6.21. The van der Waals surface area contributed by atoms with Crippen molar-refractivity contribution in [2.45, 2.75) is 45.8 Å². The van der Waals surface area contributed by atoms with E-state index in [0.29, 0.717) is 22.3 Å². The zero-order chi connectivity index (χ0) is 24.2. The lowest BCUT2D eigenvalue weighted by Crippen LogP contribution is -2.38. The van der Waals surface area contributed by atoms with Gasteiger partial charge in [0.2, 0.25) is 0 Å². The number of ether oxygens (including phenoxy) is 2. The quantitative estimate of drug-likeness (QED) is 0.501. The Labute approximate surface area is 192 Å². The second-order valence-electron chi connectivity index (χ2n) is 8.60. The molecule has 0 saturated heterocycles. The van der Waals surface area contributed by atoms with Gasteiger partial charge in [-0.15, -0.1) is 0 Å². The Morgan fingerprint density at radius 3 is 2.06 bits per heavy atom. The molecule has 0 radical (unpaired) electrons. The van der Waals surface area contributed by atoms with Crippen molar-refractivity contribution < 1.29 is 28.7 Å². The van der Waals surface area contributed by atoms with Gasteiger partial charge in [0, 0.05) is 6.54 Å². The fraction of sp³-hybridized carbons (Fsp3) is 0.360. The van der Waals surface area contributed by atoms with Crippen LogP contribution in [0, 0.1) is 0 Å². The van der Waals surface area contributed by atoms with E-state index in [9.17, 15) is 19.2 Å². The average molecular weight is 453 g/mol. The molecule has 1 atom stereocenters. The second kappa shape index (κ2) is 9.85. The SMILES string of the molecule is CCOC(=O)c1ccc(C(CCNC(=O)OC(C)(C)C)N2C(=O)c3ccccc3C2=O)cc1. The smallest absolute Gasteiger partial charge is 0.407 e. The lowest BCUT2D eigenvalue weighted by Gasteiger charge is -2.27. The summed E-state index contributed by atoms with van der Waals surface area (Å²) in [6.45, 7) is 7.45. The van der Waals surface area contributed by atoms with Crippen molar-refractivity contribution in [3.05, 3.63) is 70.8 Å². The third-order valence-electron chi connectivity index (χ3n) is 5.03. The number of amides is 3. The van der Waals surface area contributed by atoms with Crippen LogP contribution in [0.15, 0.2) is 48.5 Å². The third-order valence-corrected chi connectivity index (χ3v) is 5.03. The highest BCUT2D eigenvalue weighted by atomic mass is 16.6. The lowest BCUT2D eigenvalue weighted by molar-refractivity contribution is 0.0504. The number of imide groups is 1. The van der Waals surface area contributed by atoms with Crippen LogP contribution in [0.4, 0.5) is 4.79 Å². The monoisotopic (exact) mass is 452 g/mol. The van der Waals surface area contributed by atoms with Crippen LogP contribution in [-0.2, 0) is 9.47 Å². The molecule has 1 aliphatic rings. The van der Waals surface area contributed by atoms with Crippen LogP contribution in [0.25, 0.3) is 0 Å². The van der Waals surface area contributed by atoms with Crippen molar-refractivity contribution in [2.24, 2.45) is 0 Å². The molecule has 0 saturated carbocycles. The van der Waals surface area contributed by atoms with E-state index < -0.39 is 35.5 Å². The van der Waals surface area contributed by atoms with E-state index in [-0.39, 0.29) is 19.6 Å². The van der Waals surface area contributed by atoms with Gasteiger partial charge in [0.15, 0.2) is 0 Å². The number of hydrogen-bond acceptors (Lipinski definition) is 6. The summed E-state index contributed by atoms with van der Waals surface area (Å²) in [7, 11) is 0. The van der Waals surface area contributed by atoms with Crippen LogP contribution in [0.5, 0.6) is 0 Å². The van der Waals surface area contributed by atoms with Gasteiger partial charge < -0.3 is 14.8 Å². The van der Waals surface area contributed by atoms with Gasteiger partial charge >= 0.3 is 12.1 Å². The maximum Gasteiger partial charge on any atom is 0.407 e. The van der Waals surface area contributed by atoms with E-state index in [2.05, 4.69) is 5.32 Å². The zero-order valence-corrected chi connectivity index (χ0v) is 19.2. The Morgan fingerprint density at radius 1 is 0.970 bits per heavy atom. The Morgan fingerprint density at radius 2 is 1.55 bits per heavy atom. The van der Waals surface area contributed by atoms with Crippen LogP contribution in [-0.4, -0.2) is 47.5 Å². The summed E-state index contributed by atoms with van der Waals surface area (Å²) in [5.41, 5.74) is 1.07. The lowest BCUT2D eigenvalue weighted by atomic mass is 10.00. The minimum absolute atomic E-state index is 0.173. The van der Waals surface area contributed by atoms with Crippen LogP contribution in [0.3, 0.4) is 0 Å². The molecule has 0 bridgehead atoms. The Balaban J connectivity index is 1.84. The third kappa shape index (κ3) is 5.58. The number of alkyl carbamates (subject to hydrolysis) is 1. The maximum absolute atomic E-state index is 13.1. The van der Waals surface area contributed by atoms with Gasteiger partial charge in [-0.3, -0.25) is 14.5 Å². The van der Waals surface area contributed by atoms with E-state index >= 15 is 0 Å². The van der Waals surface area contributed by atoms with Crippen molar-refractivity contribution >= 4 is 23.9 Å². The van der Waals surface area contributed by atoms with Gasteiger partial charge in [-0.1, -0.05) is 24.3 Å². The normalized spacial score (nSPS) is 14.0. The number of carbonyl (C=O) groups is 4. The standard InChI is InChI=1S/C25H28N2O6/c1-5-32-23(30)17-12-10-16(11-13-17)20(14-15-26-24(31)33-25(2,3)4)27-21(28)18-8-6-7-9-19(18)22(27)29/h6-13,20H,5,14-15H2,1-4H3,(H,26,31). The highest BCUT2D eigenvalue weighted by Gasteiger charge is 2.40. The summed E-state index contributed by atoms with van der Waals surface area (Å²) in [4.78, 5) is 51.4. The van der Waals surface area contributed by atoms with Gasteiger partial charge in [-0.25, -0.2) is 9.59 Å². The zero-order valence-electron chi connectivity index (χ0n) is 19.2. The fourth-order valence-corrected chi connectivity index (χ4v) is 3.62. The number of esters is 1. The number of rotatable bonds is 7. The van der Waals surface area contributed by atoms with E-state index in [4.69, 9.17) is 9.47 Å². The number of benzene rings is 2. The predicted molar refractivity (Wildman–Crippen MR) is 121 cm³/mol. The van der Waals surface area contributed by atoms with Gasteiger partial charge in [0.25, 0.3) is 11.8 Å². The molecule has 1 aliphatic heterocycles. The van der Waals surface area contributed by atoms with E-state index in [1.165, 1.54) is 4.90 Å². The molecular weight excluding hydrogens is 424 g/mol. The first-order valence-corrected chi connectivity index (χ1v) is 10.8. The molecule has 2 aromatic carbocycles. The van der Waals surface area contributed by atoms with Crippen LogP contribution < -0.4 is 5.32 Å². The molecule has 0 spiro atoms. The minimum atomic E-state index is -0.649. The largest absolute Gasteiger partial charge is 0.462 e. The van der Waals surface area contributed by atoms with E-state index in [1.807, 2.05) is 0 Å². The molecule has 1 heterocycles. The summed E-state index contributed by atoms with van der Waals surface area (Å²) in [5, 5.41) is 2.68. The molecule has 174 valence electrons. The molecular formula is C25H28N2O6. The van der Waals surface area contributed by atoms with Crippen molar-refractivity contribution in [1.29, 1.82) is 0 Å². The van der Waals surface area contributed by atoms with Crippen molar-refractivity contribution in [3.8, 4) is 0 Å². The Bertz CT molecular complexity index is 1020. The molecule has 1 N–H and O–H groups in total. The maximum atomic E-state index is 13.1. The van der Waals surface area contributed by atoms with Gasteiger partial charge in [-0.05, 0) is 63.9 Å². The molecule has 8 nitrogen and oxygen atoms in total. The Hall–Kier alpha value is -3.68. The fourth-order valence-electron chi connectivity index (χ4n) is 3.62. The molecule has 2 aromatic rings. The van der Waals surface area contributed by atoms with Crippen LogP contribution in [0.1, 0.15) is 76.8 Å². The molecule has 0 aliphatic carbocycles. The summed E-state index contributed by atoms with van der Waals surface area (Å²) in [6.07, 6.45) is -0.315. The molecule has 8 heteroatoms. The van der Waals surface area contributed by atoms with E-state index in [0.717, 1.165) is 0 Å². The minimum Gasteiger partial charge on any atom is -0.462 e. The number of nitrogens with one attached hydrogen (secondary N) is 1. The number of hydrogen-bond donors (Lipinski definition) is 1. The van der Waals surface area contributed by atoms with Crippen LogP contribution >= 0.6 is 0 Å². The summed E-state index contributed by atoms with van der Waals surface area (Å²) in [5.74, 6) is -1.24. The molecule has 33 heavy (non-hydrogen) atoms. The first-order chi connectivity index (χ1) is 15.6. The molecule has 1 unspecified atom stereocenters. The van der Waals surface area contributed by atoms with Crippen molar-refractivity contribution in [2.75, 3.05) is 13.2 Å². The van der Waals surface area contributed by atoms with Gasteiger partial charge in [-0.2, -0.15) is 0 Å². The topological polar surface area (TPSA) is 102 Å². The first kappa shape index (κ1) is 24.0. The summed E-state index contributed by atoms with van der Waals surface area (Å²) < 4.78 is 10.3. The molecule has 0 aromatic heterocycles. The average Bonchev–Trinajstić information content (AvgIpc) is 3.01. The molecule has 0 fully saturated rings. The first-order valence-electron chi connectivity index (χ1n) is 10.8. The predicted octanol–water partition coefficient (Wildman–Crippen LogP) is 4.12. The van der Waals surface area contributed by atoms with Crippen molar-refractivity contribution in [3.63, 3.8) is 0 Å². The number of carbonyl (C=O) groups excluding carboxylic acids is 4. The molecule has 3 rings (SSSR count). The van der Waals surface area contributed by atoms with Crippen LogP contribution in [0.2, 0.25) is 0 Å². The second-order valence-corrected chi connectivity index (χ2v) is 8.60. The molecule has 3 amide bonds. The van der Waals surface area contributed by atoms with Crippen molar-refractivity contribution in [1.82, 2.24) is 10.2 Å². The number of fused-ring (bicyclic) bond motifs is 1. The Kier molecular flexibility index (Phi) is 7.16.